The van der Waals surface area contributed by atoms with E-state index in [1.54, 1.807) is 6.20 Å². The highest BCUT2D eigenvalue weighted by Gasteiger charge is 2.50. The molecule has 4 nitrogen and oxygen atoms in total. The van der Waals surface area contributed by atoms with Crippen LogP contribution in [0.1, 0.15) is 38.3 Å². The fourth-order valence-electron chi connectivity index (χ4n) is 3.13. The van der Waals surface area contributed by atoms with Crippen molar-refractivity contribution in [2.75, 3.05) is 18.8 Å². The van der Waals surface area contributed by atoms with E-state index in [1.165, 1.54) is 0 Å². The van der Waals surface area contributed by atoms with Gasteiger partial charge in [0.1, 0.15) is 0 Å². The molecule has 1 amide bonds. The molecule has 0 saturated carbocycles. The first-order valence-electron chi connectivity index (χ1n) is 8.14. The van der Waals surface area contributed by atoms with E-state index < -0.39 is 0 Å². The average molecular weight is 320 g/mol. The van der Waals surface area contributed by atoms with Crippen molar-refractivity contribution in [3.05, 3.63) is 30.1 Å². The number of carbonyl (C=O) groups excluding carboxylic acids is 1. The molecule has 3 rings (SSSR count). The molecule has 22 heavy (non-hydrogen) atoms. The second-order valence-corrected chi connectivity index (χ2v) is 7.79. The van der Waals surface area contributed by atoms with Crippen molar-refractivity contribution in [1.29, 1.82) is 0 Å². The van der Waals surface area contributed by atoms with E-state index in [0.717, 1.165) is 43.8 Å². The number of unbranched alkanes of at least 4 members (excludes halogenated alkanes) is 1. The van der Waals surface area contributed by atoms with Crippen LogP contribution >= 0.6 is 11.8 Å². The Morgan fingerprint density at radius 2 is 2.36 bits per heavy atom. The maximum absolute atomic E-state index is 12.0. The van der Waals surface area contributed by atoms with Gasteiger partial charge in [-0.3, -0.25) is 9.78 Å². The smallest absolute Gasteiger partial charge is 0.222 e. The van der Waals surface area contributed by atoms with Crippen LogP contribution in [-0.4, -0.2) is 45.5 Å². The number of rotatable bonds is 6. The lowest BCUT2D eigenvalue weighted by molar-refractivity contribution is -0.136. The Morgan fingerprint density at radius 1 is 1.50 bits per heavy atom. The van der Waals surface area contributed by atoms with Crippen LogP contribution in [-0.2, 0) is 16.1 Å². The minimum atomic E-state index is 0.261. The van der Waals surface area contributed by atoms with E-state index in [-0.39, 0.29) is 4.75 Å². The highest BCUT2D eigenvalue weighted by Crippen LogP contribution is 2.46. The number of ether oxygens (including phenoxy) is 1. The summed E-state index contributed by atoms with van der Waals surface area (Å²) in [5.41, 5.74) is 0.985. The van der Waals surface area contributed by atoms with Crippen LogP contribution in [0.5, 0.6) is 0 Å². The molecule has 1 aromatic rings. The van der Waals surface area contributed by atoms with Gasteiger partial charge in [0, 0.05) is 31.5 Å². The first-order chi connectivity index (χ1) is 10.7. The molecule has 2 saturated heterocycles. The molecule has 120 valence electrons. The monoisotopic (exact) mass is 320 g/mol. The van der Waals surface area contributed by atoms with E-state index in [2.05, 4.69) is 11.9 Å². The Labute approximate surface area is 136 Å². The fraction of sp³-hybridized carbons (Fsp3) is 0.647. The lowest BCUT2D eigenvalue weighted by atomic mass is 9.92. The second-order valence-electron chi connectivity index (χ2n) is 6.31. The molecule has 2 aliphatic rings. The summed E-state index contributed by atoms with van der Waals surface area (Å²) in [4.78, 5) is 18.3. The summed E-state index contributed by atoms with van der Waals surface area (Å²) in [7, 11) is 0. The van der Waals surface area contributed by atoms with E-state index in [1.807, 2.05) is 34.9 Å². The Balaban J connectivity index is 1.41. The molecule has 0 radical (unpaired) electrons. The third-order valence-corrected chi connectivity index (χ3v) is 6.00. The summed E-state index contributed by atoms with van der Waals surface area (Å²) in [6, 6.07) is 5.90. The summed E-state index contributed by atoms with van der Waals surface area (Å²) in [6.07, 6.45) is 5.95. The summed E-state index contributed by atoms with van der Waals surface area (Å²) < 4.78 is 6.25. The van der Waals surface area contributed by atoms with Crippen LogP contribution < -0.4 is 0 Å². The predicted octanol–water partition coefficient (Wildman–Crippen LogP) is 2.87. The van der Waals surface area contributed by atoms with Crippen LogP contribution in [0.15, 0.2) is 24.4 Å². The van der Waals surface area contributed by atoms with Crippen molar-refractivity contribution >= 4 is 17.7 Å². The molecule has 0 aromatic carbocycles. The maximum atomic E-state index is 12.0. The molecular weight excluding hydrogens is 296 g/mol. The first-order valence-corrected chi connectivity index (χ1v) is 9.12. The van der Waals surface area contributed by atoms with Gasteiger partial charge in [0.15, 0.2) is 0 Å². The normalized spacial score (nSPS) is 22.8. The Bertz CT molecular complexity index is 503. The maximum Gasteiger partial charge on any atom is 0.222 e. The van der Waals surface area contributed by atoms with Crippen LogP contribution in [0.3, 0.4) is 0 Å². The highest BCUT2D eigenvalue weighted by atomic mass is 32.2. The van der Waals surface area contributed by atoms with Crippen molar-refractivity contribution < 1.29 is 9.53 Å². The molecule has 3 heterocycles. The number of thioether (sulfide) groups is 1. The molecule has 0 N–H and O–H groups in total. The van der Waals surface area contributed by atoms with Gasteiger partial charge in [-0.1, -0.05) is 19.4 Å². The van der Waals surface area contributed by atoms with Gasteiger partial charge >= 0.3 is 0 Å². The molecule has 1 aromatic heterocycles. The lowest BCUT2D eigenvalue weighted by Gasteiger charge is -2.47. The van der Waals surface area contributed by atoms with Crippen molar-refractivity contribution in [2.45, 2.75) is 50.1 Å². The Morgan fingerprint density at radius 3 is 3.09 bits per heavy atom. The molecule has 0 bridgehead atoms. The van der Waals surface area contributed by atoms with Gasteiger partial charge in [0.05, 0.1) is 23.2 Å². The third-order valence-electron chi connectivity index (χ3n) is 4.42. The number of hydrogen-bond donors (Lipinski definition) is 0. The number of carbonyl (C=O) groups is 1. The highest BCUT2D eigenvalue weighted by molar-refractivity contribution is 8.01. The molecule has 1 atom stereocenters. The minimum absolute atomic E-state index is 0.261. The predicted molar refractivity (Wildman–Crippen MR) is 88.7 cm³/mol. The standard InChI is InChI=1S/C17H24N2O2S/c1-2-3-7-16(20)19-12-17(13-19)9-15(11-22-17)21-10-14-6-4-5-8-18-14/h4-6,8,15H,2-3,7,9-13H2,1H3/t15-/m0/s1. The molecular formula is C17H24N2O2S. The van der Waals surface area contributed by atoms with Gasteiger partial charge in [-0.05, 0) is 25.0 Å². The number of amides is 1. The zero-order valence-corrected chi connectivity index (χ0v) is 14.0. The zero-order valence-electron chi connectivity index (χ0n) is 13.2. The van der Waals surface area contributed by atoms with Crippen LogP contribution in [0.2, 0.25) is 0 Å². The second kappa shape index (κ2) is 7.01. The van der Waals surface area contributed by atoms with Crippen LogP contribution in [0, 0.1) is 0 Å². The van der Waals surface area contributed by atoms with Crippen LogP contribution in [0.4, 0.5) is 0 Å². The third kappa shape index (κ3) is 3.63. The lowest BCUT2D eigenvalue weighted by Crippen LogP contribution is -2.60. The van der Waals surface area contributed by atoms with Gasteiger partial charge < -0.3 is 9.64 Å². The Kier molecular flexibility index (Phi) is 5.03. The fourth-order valence-corrected chi connectivity index (χ4v) is 4.68. The summed E-state index contributed by atoms with van der Waals surface area (Å²) >= 11 is 1.98. The van der Waals surface area contributed by atoms with Gasteiger partial charge in [0.25, 0.3) is 0 Å². The number of nitrogens with zero attached hydrogens (tertiary/aromatic N) is 2. The number of hydrogen-bond acceptors (Lipinski definition) is 4. The number of likely N-dealkylation sites (tertiary alicyclic amines) is 1. The van der Waals surface area contributed by atoms with Crippen LogP contribution in [0.25, 0.3) is 0 Å². The number of aromatic nitrogens is 1. The molecule has 2 fully saturated rings. The Hall–Kier alpha value is -1.07. The van der Waals surface area contributed by atoms with E-state index in [0.29, 0.717) is 25.0 Å². The van der Waals surface area contributed by atoms with Crippen molar-refractivity contribution in [3.63, 3.8) is 0 Å². The first kappa shape index (κ1) is 15.8. The SMILES string of the molecule is CCCCC(=O)N1CC2(C[C@H](OCc3ccccn3)CS2)C1. The van der Waals surface area contributed by atoms with Gasteiger partial charge in [-0.25, -0.2) is 0 Å². The summed E-state index contributed by atoms with van der Waals surface area (Å²) in [6.45, 7) is 4.52. The van der Waals surface area contributed by atoms with E-state index in [4.69, 9.17) is 4.74 Å². The van der Waals surface area contributed by atoms with Crippen molar-refractivity contribution in [2.24, 2.45) is 0 Å². The average Bonchev–Trinajstić information content (AvgIpc) is 2.95. The number of pyridine rings is 1. The summed E-state index contributed by atoms with van der Waals surface area (Å²) in [5, 5.41) is 0. The zero-order chi connectivity index (χ0) is 15.4. The van der Waals surface area contributed by atoms with Crippen molar-refractivity contribution in [3.8, 4) is 0 Å². The van der Waals surface area contributed by atoms with E-state index >= 15 is 0 Å². The molecule has 1 spiro atoms. The van der Waals surface area contributed by atoms with Gasteiger partial charge in [-0.2, -0.15) is 0 Å². The largest absolute Gasteiger partial charge is 0.371 e. The molecule has 2 aliphatic heterocycles. The summed E-state index contributed by atoms with van der Waals surface area (Å²) in [5.74, 6) is 1.36. The quantitative estimate of drug-likeness (QED) is 0.808. The molecule has 0 unspecified atom stereocenters. The van der Waals surface area contributed by atoms with Gasteiger partial charge in [-0.15, -0.1) is 11.8 Å². The molecule has 5 heteroatoms. The van der Waals surface area contributed by atoms with E-state index in [9.17, 15) is 4.79 Å². The molecule has 0 aliphatic carbocycles. The van der Waals surface area contributed by atoms with Crippen molar-refractivity contribution in [1.82, 2.24) is 9.88 Å². The van der Waals surface area contributed by atoms with Gasteiger partial charge in [0.2, 0.25) is 5.91 Å². The minimum Gasteiger partial charge on any atom is -0.371 e. The topological polar surface area (TPSA) is 42.4 Å².